The van der Waals surface area contributed by atoms with Crippen molar-refractivity contribution in [3.63, 3.8) is 0 Å². The number of para-hydroxylation sites is 2. The van der Waals surface area contributed by atoms with Gasteiger partial charge in [-0.15, -0.1) is 0 Å². The highest BCUT2D eigenvalue weighted by molar-refractivity contribution is 5.80. The predicted octanol–water partition coefficient (Wildman–Crippen LogP) is 3.99. The summed E-state index contributed by atoms with van der Waals surface area (Å²) in [6.45, 7) is 3.41. The molecule has 1 saturated heterocycles. The summed E-state index contributed by atoms with van der Waals surface area (Å²) in [7, 11) is 1.71. The normalized spacial score (nSPS) is 15.5. The van der Waals surface area contributed by atoms with Gasteiger partial charge >= 0.3 is 0 Å². The van der Waals surface area contributed by atoms with Gasteiger partial charge in [0.15, 0.2) is 0 Å². The molecule has 1 amide bonds. The number of fused-ring (bicyclic) bond motifs is 1. The Labute approximate surface area is 172 Å². The Morgan fingerprint density at radius 1 is 1.07 bits per heavy atom. The van der Waals surface area contributed by atoms with E-state index in [0.29, 0.717) is 19.5 Å². The molecular weight excluding hydrogens is 362 g/mol. The SMILES string of the molecule is COc1ccccc1C(CNC(=O)CCn1ccc2ccccc21)N1CCCC1. The molecule has 5 heteroatoms. The molecule has 152 valence electrons. The van der Waals surface area contributed by atoms with E-state index in [4.69, 9.17) is 4.74 Å². The molecule has 0 spiro atoms. The number of nitrogens with zero attached hydrogens (tertiary/aromatic N) is 2. The van der Waals surface area contributed by atoms with Crippen LogP contribution < -0.4 is 10.1 Å². The van der Waals surface area contributed by atoms with E-state index in [-0.39, 0.29) is 11.9 Å². The number of ether oxygens (including phenoxy) is 1. The summed E-state index contributed by atoms with van der Waals surface area (Å²) in [5, 5.41) is 4.38. The van der Waals surface area contributed by atoms with Crippen LogP contribution >= 0.6 is 0 Å². The van der Waals surface area contributed by atoms with Crippen LogP contribution in [-0.4, -0.2) is 42.1 Å². The Kier molecular flexibility index (Phi) is 6.15. The number of aromatic nitrogens is 1. The monoisotopic (exact) mass is 391 g/mol. The molecule has 1 fully saturated rings. The minimum atomic E-state index is 0.0851. The van der Waals surface area contributed by atoms with Crippen LogP contribution in [0.15, 0.2) is 60.8 Å². The first-order chi connectivity index (χ1) is 14.3. The lowest BCUT2D eigenvalue weighted by molar-refractivity contribution is -0.121. The minimum Gasteiger partial charge on any atom is -0.496 e. The van der Waals surface area contributed by atoms with E-state index in [2.05, 4.69) is 45.2 Å². The summed E-state index contributed by atoms with van der Waals surface area (Å²) in [6, 6.07) is 18.6. The second-order valence-electron chi connectivity index (χ2n) is 7.62. The fourth-order valence-electron chi connectivity index (χ4n) is 4.29. The first-order valence-electron chi connectivity index (χ1n) is 10.4. The predicted molar refractivity (Wildman–Crippen MR) is 116 cm³/mol. The lowest BCUT2D eigenvalue weighted by atomic mass is 10.0. The maximum atomic E-state index is 12.6. The van der Waals surface area contributed by atoms with E-state index in [1.54, 1.807) is 7.11 Å². The molecule has 4 rings (SSSR count). The molecule has 2 heterocycles. The second kappa shape index (κ2) is 9.14. The zero-order valence-electron chi connectivity index (χ0n) is 17.0. The number of likely N-dealkylation sites (tertiary alicyclic amines) is 1. The van der Waals surface area contributed by atoms with Gasteiger partial charge in [-0.25, -0.2) is 0 Å². The van der Waals surface area contributed by atoms with E-state index >= 15 is 0 Å². The van der Waals surface area contributed by atoms with Crippen LogP contribution in [0, 0.1) is 0 Å². The zero-order chi connectivity index (χ0) is 20.1. The molecule has 1 aromatic heterocycles. The van der Waals surface area contributed by atoms with Gasteiger partial charge in [0.05, 0.1) is 13.2 Å². The summed E-state index contributed by atoms with van der Waals surface area (Å²) in [4.78, 5) is 15.1. The van der Waals surface area contributed by atoms with Crippen LogP contribution in [0.3, 0.4) is 0 Å². The van der Waals surface area contributed by atoms with Crippen LogP contribution in [0.2, 0.25) is 0 Å². The Morgan fingerprint density at radius 2 is 1.83 bits per heavy atom. The number of hydrogen-bond acceptors (Lipinski definition) is 3. The summed E-state index contributed by atoms with van der Waals surface area (Å²) in [5.41, 5.74) is 2.32. The van der Waals surface area contributed by atoms with Crippen molar-refractivity contribution in [1.29, 1.82) is 0 Å². The third-order valence-corrected chi connectivity index (χ3v) is 5.83. The van der Waals surface area contributed by atoms with Crippen molar-refractivity contribution in [2.24, 2.45) is 0 Å². The van der Waals surface area contributed by atoms with Gasteiger partial charge in [-0.3, -0.25) is 9.69 Å². The first-order valence-corrected chi connectivity index (χ1v) is 10.4. The number of carbonyl (C=O) groups excluding carboxylic acids is 1. The molecule has 1 aliphatic rings. The maximum Gasteiger partial charge on any atom is 0.221 e. The summed E-state index contributed by atoms with van der Waals surface area (Å²) >= 11 is 0. The molecule has 1 aliphatic heterocycles. The highest BCUT2D eigenvalue weighted by Crippen LogP contribution is 2.31. The molecule has 0 radical (unpaired) electrons. The number of aryl methyl sites for hydroxylation is 1. The average molecular weight is 392 g/mol. The lowest BCUT2D eigenvalue weighted by Gasteiger charge is -2.29. The molecule has 5 nitrogen and oxygen atoms in total. The van der Waals surface area contributed by atoms with Gasteiger partial charge in [-0.1, -0.05) is 36.4 Å². The van der Waals surface area contributed by atoms with Crippen molar-refractivity contribution in [2.75, 3.05) is 26.7 Å². The van der Waals surface area contributed by atoms with Crippen molar-refractivity contribution in [2.45, 2.75) is 31.8 Å². The van der Waals surface area contributed by atoms with Gasteiger partial charge in [-0.05, 0) is 49.5 Å². The van der Waals surface area contributed by atoms with E-state index in [0.717, 1.165) is 24.4 Å². The Balaban J connectivity index is 1.39. The number of hydrogen-bond donors (Lipinski definition) is 1. The van der Waals surface area contributed by atoms with Crippen LogP contribution in [0.1, 0.15) is 30.9 Å². The molecule has 1 unspecified atom stereocenters. The van der Waals surface area contributed by atoms with E-state index in [1.807, 2.05) is 30.3 Å². The number of amides is 1. The third-order valence-electron chi connectivity index (χ3n) is 5.83. The molecule has 0 bridgehead atoms. The molecule has 0 aliphatic carbocycles. The highest BCUT2D eigenvalue weighted by Gasteiger charge is 2.26. The Bertz CT molecular complexity index is 959. The van der Waals surface area contributed by atoms with Crippen LogP contribution in [0.4, 0.5) is 0 Å². The van der Waals surface area contributed by atoms with E-state index < -0.39 is 0 Å². The van der Waals surface area contributed by atoms with Crippen LogP contribution in [0.25, 0.3) is 10.9 Å². The molecule has 1 atom stereocenters. The lowest BCUT2D eigenvalue weighted by Crippen LogP contribution is -2.37. The largest absolute Gasteiger partial charge is 0.496 e. The fourth-order valence-corrected chi connectivity index (χ4v) is 4.29. The molecule has 29 heavy (non-hydrogen) atoms. The van der Waals surface area contributed by atoms with Crippen LogP contribution in [-0.2, 0) is 11.3 Å². The fraction of sp³-hybridized carbons (Fsp3) is 0.375. The number of benzene rings is 2. The third kappa shape index (κ3) is 4.46. The average Bonchev–Trinajstić information content (AvgIpc) is 3.43. The van der Waals surface area contributed by atoms with Gasteiger partial charge in [-0.2, -0.15) is 0 Å². The van der Waals surface area contributed by atoms with Crippen molar-refractivity contribution >= 4 is 16.8 Å². The molecular formula is C24H29N3O2. The smallest absolute Gasteiger partial charge is 0.221 e. The molecule has 1 N–H and O–H groups in total. The van der Waals surface area contributed by atoms with E-state index in [9.17, 15) is 4.79 Å². The summed E-state index contributed by atoms with van der Waals surface area (Å²) in [5.74, 6) is 0.972. The number of carbonyl (C=O) groups is 1. The number of nitrogens with one attached hydrogen (secondary N) is 1. The summed E-state index contributed by atoms with van der Waals surface area (Å²) in [6.07, 6.45) is 4.94. The Morgan fingerprint density at radius 3 is 2.66 bits per heavy atom. The van der Waals surface area contributed by atoms with Gasteiger partial charge in [0.1, 0.15) is 5.75 Å². The Hall–Kier alpha value is -2.79. The summed E-state index contributed by atoms with van der Waals surface area (Å²) < 4.78 is 7.73. The minimum absolute atomic E-state index is 0.0851. The maximum absolute atomic E-state index is 12.6. The quantitative estimate of drug-likeness (QED) is 0.631. The van der Waals surface area contributed by atoms with Gasteiger partial charge in [0, 0.05) is 36.8 Å². The number of rotatable bonds is 8. The van der Waals surface area contributed by atoms with Crippen molar-refractivity contribution in [3.05, 3.63) is 66.4 Å². The van der Waals surface area contributed by atoms with Gasteiger partial charge in [0.25, 0.3) is 0 Å². The highest BCUT2D eigenvalue weighted by atomic mass is 16.5. The van der Waals surface area contributed by atoms with E-state index in [1.165, 1.54) is 23.7 Å². The van der Waals surface area contributed by atoms with Crippen molar-refractivity contribution in [3.8, 4) is 5.75 Å². The molecule has 2 aromatic carbocycles. The van der Waals surface area contributed by atoms with Crippen LogP contribution in [0.5, 0.6) is 5.75 Å². The number of methoxy groups -OCH3 is 1. The first kappa shape index (κ1) is 19.5. The zero-order valence-corrected chi connectivity index (χ0v) is 17.0. The van der Waals surface area contributed by atoms with Crippen molar-refractivity contribution in [1.82, 2.24) is 14.8 Å². The second-order valence-corrected chi connectivity index (χ2v) is 7.62. The van der Waals surface area contributed by atoms with Gasteiger partial charge in [0.2, 0.25) is 5.91 Å². The molecule has 3 aromatic rings. The van der Waals surface area contributed by atoms with Crippen molar-refractivity contribution < 1.29 is 9.53 Å². The topological polar surface area (TPSA) is 46.5 Å². The standard InChI is InChI=1S/C24H29N3O2/c1-29-23-11-5-3-9-20(23)22(26-14-6-7-15-26)18-25-24(28)13-17-27-16-12-19-8-2-4-10-21(19)27/h2-5,8-12,16,22H,6-7,13-15,17-18H2,1H3,(H,25,28). The molecule has 0 saturated carbocycles. The van der Waals surface area contributed by atoms with Gasteiger partial charge < -0.3 is 14.6 Å².